The molecule has 1 aromatic rings. The summed E-state index contributed by atoms with van der Waals surface area (Å²) in [4.78, 5) is 4.05. The molecule has 1 fully saturated rings. The topological polar surface area (TPSA) is 15.3 Å². The molecule has 0 radical (unpaired) electrons. The fourth-order valence-corrected chi connectivity index (χ4v) is 3.93. The molecule has 16 heavy (non-hydrogen) atoms. The fraction of sp³-hybridized carbons (Fsp3) is 0.667. The molecule has 2 rings (SSSR count). The minimum atomic E-state index is 0.244. The van der Waals surface area contributed by atoms with E-state index in [1.54, 1.807) is 0 Å². The van der Waals surface area contributed by atoms with Crippen molar-refractivity contribution in [1.82, 2.24) is 10.2 Å². The van der Waals surface area contributed by atoms with Crippen molar-refractivity contribution in [3.05, 3.63) is 20.8 Å². The number of hydrogen-bond acceptors (Lipinski definition) is 3. The Balaban J connectivity index is 2.17. The minimum absolute atomic E-state index is 0.244. The van der Waals surface area contributed by atoms with E-state index in [1.165, 1.54) is 9.35 Å². The Bertz CT molecular complexity index is 362. The molecule has 1 aromatic heterocycles. The van der Waals surface area contributed by atoms with Crippen LogP contribution in [0.2, 0.25) is 0 Å². The van der Waals surface area contributed by atoms with E-state index in [9.17, 15) is 0 Å². The number of nitrogens with zero attached hydrogens (tertiary/aromatic N) is 1. The Morgan fingerprint density at radius 2 is 2.31 bits per heavy atom. The van der Waals surface area contributed by atoms with Gasteiger partial charge in [-0.3, -0.25) is 4.90 Å². The number of piperazine rings is 1. The molecule has 0 bridgehead atoms. The van der Waals surface area contributed by atoms with Crippen LogP contribution in [0.25, 0.3) is 0 Å². The van der Waals surface area contributed by atoms with Crippen LogP contribution in [0.3, 0.4) is 0 Å². The van der Waals surface area contributed by atoms with Crippen molar-refractivity contribution in [2.24, 2.45) is 0 Å². The zero-order chi connectivity index (χ0) is 11.8. The van der Waals surface area contributed by atoms with Crippen LogP contribution < -0.4 is 5.32 Å². The van der Waals surface area contributed by atoms with Gasteiger partial charge in [0.2, 0.25) is 0 Å². The van der Waals surface area contributed by atoms with Crippen LogP contribution in [-0.4, -0.2) is 30.1 Å². The first-order chi connectivity index (χ1) is 7.50. The second-order valence-electron chi connectivity index (χ2n) is 5.03. The highest BCUT2D eigenvalue weighted by Gasteiger charge is 2.33. The van der Waals surface area contributed by atoms with Gasteiger partial charge in [0.15, 0.2) is 0 Å². The lowest BCUT2D eigenvalue weighted by molar-refractivity contribution is 0.0530. The highest BCUT2D eigenvalue weighted by atomic mass is 79.9. The molecule has 0 saturated carbocycles. The summed E-state index contributed by atoms with van der Waals surface area (Å²) in [6, 6.07) is 2.75. The minimum Gasteiger partial charge on any atom is -0.314 e. The van der Waals surface area contributed by atoms with E-state index >= 15 is 0 Å². The molecule has 4 heteroatoms. The average molecular weight is 303 g/mol. The molecule has 0 spiro atoms. The molecule has 2 nitrogen and oxygen atoms in total. The first-order valence-corrected chi connectivity index (χ1v) is 7.39. The molecule has 1 aliphatic heterocycles. The van der Waals surface area contributed by atoms with E-state index < -0.39 is 0 Å². The fourth-order valence-electron chi connectivity index (χ4n) is 2.42. The molecule has 90 valence electrons. The molecule has 0 aromatic carbocycles. The lowest BCUT2D eigenvalue weighted by atomic mass is 9.97. The SMILES string of the molecule is CC(c1cc(Br)cs1)N1CCNCC1(C)C. The van der Waals surface area contributed by atoms with Gasteiger partial charge in [-0.15, -0.1) is 11.3 Å². The van der Waals surface area contributed by atoms with E-state index in [0.717, 1.165) is 19.6 Å². The molecule has 2 heterocycles. The van der Waals surface area contributed by atoms with E-state index in [-0.39, 0.29) is 5.54 Å². The predicted octanol–water partition coefficient (Wildman–Crippen LogP) is 3.26. The zero-order valence-corrected chi connectivity index (χ0v) is 12.5. The Hall–Kier alpha value is 0.1000. The number of halogens is 1. The van der Waals surface area contributed by atoms with Gasteiger partial charge in [-0.1, -0.05) is 0 Å². The Morgan fingerprint density at radius 1 is 1.56 bits per heavy atom. The molecular weight excluding hydrogens is 284 g/mol. The van der Waals surface area contributed by atoms with Gasteiger partial charge in [0.05, 0.1) is 0 Å². The van der Waals surface area contributed by atoms with Crippen molar-refractivity contribution in [2.75, 3.05) is 19.6 Å². The van der Waals surface area contributed by atoms with Gasteiger partial charge in [-0.25, -0.2) is 0 Å². The van der Waals surface area contributed by atoms with Crippen LogP contribution in [0.1, 0.15) is 31.7 Å². The summed E-state index contributed by atoms with van der Waals surface area (Å²) in [5, 5.41) is 5.64. The highest BCUT2D eigenvalue weighted by molar-refractivity contribution is 9.10. The third kappa shape index (κ3) is 2.50. The number of hydrogen-bond donors (Lipinski definition) is 1. The monoisotopic (exact) mass is 302 g/mol. The average Bonchev–Trinajstić information content (AvgIpc) is 2.63. The van der Waals surface area contributed by atoms with Crippen LogP contribution >= 0.6 is 27.3 Å². The maximum Gasteiger partial charge on any atom is 0.0420 e. The lowest BCUT2D eigenvalue weighted by Gasteiger charge is -2.46. The molecule has 0 amide bonds. The first kappa shape index (κ1) is 12.6. The summed E-state index contributed by atoms with van der Waals surface area (Å²) >= 11 is 5.38. The van der Waals surface area contributed by atoms with Crippen LogP contribution in [0, 0.1) is 0 Å². The second kappa shape index (κ2) is 4.77. The van der Waals surface area contributed by atoms with Gasteiger partial charge in [0, 0.05) is 45.9 Å². The normalized spacial score (nSPS) is 23.2. The van der Waals surface area contributed by atoms with Crippen molar-refractivity contribution < 1.29 is 0 Å². The molecular formula is C12H19BrN2S. The van der Waals surface area contributed by atoms with Crippen LogP contribution in [0.4, 0.5) is 0 Å². The lowest BCUT2D eigenvalue weighted by Crippen LogP contribution is -2.58. The van der Waals surface area contributed by atoms with E-state index in [4.69, 9.17) is 0 Å². The van der Waals surface area contributed by atoms with Gasteiger partial charge in [-0.05, 0) is 42.8 Å². The second-order valence-corrected chi connectivity index (χ2v) is 6.88. The maximum atomic E-state index is 3.53. The molecule has 1 aliphatic rings. The zero-order valence-electron chi connectivity index (χ0n) is 10.1. The van der Waals surface area contributed by atoms with Gasteiger partial charge in [-0.2, -0.15) is 0 Å². The van der Waals surface area contributed by atoms with Crippen molar-refractivity contribution in [2.45, 2.75) is 32.4 Å². The van der Waals surface area contributed by atoms with Crippen molar-refractivity contribution in [3.8, 4) is 0 Å². The van der Waals surface area contributed by atoms with E-state index in [0.29, 0.717) is 6.04 Å². The number of thiophene rings is 1. The maximum absolute atomic E-state index is 3.53. The molecule has 0 aliphatic carbocycles. The number of rotatable bonds is 2. The third-order valence-corrected chi connectivity index (χ3v) is 5.20. The van der Waals surface area contributed by atoms with E-state index in [2.05, 4.69) is 58.4 Å². The summed E-state index contributed by atoms with van der Waals surface area (Å²) in [5.41, 5.74) is 0.244. The molecule has 1 unspecified atom stereocenters. The summed E-state index contributed by atoms with van der Waals surface area (Å²) in [6.45, 7) is 10.2. The molecule has 1 saturated heterocycles. The van der Waals surface area contributed by atoms with Crippen LogP contribution in [0.5, 0.6) is 0 Å². The van der Waals surface area contributed by atoms with E-state index in [1.807, 2.05) is 11.3 Å². The van der Waals surface area contributed by atoms with Gasteiger partial charge in [0.1, 0.15) is 0 Å². The summed E-state index contributed by atoms with van der Waals surface area (Å²) in [7, 11) is 0. The smallest absolute Gasteiger partial charge is 0.0420 e. The third-order valence-electron chi connectivity index (χ3n) is 3.33. The van der Waals surface area contributed by atoms with Crippen LogP contribution in [0.15, 0.2) is 15.9 Å². The standard InChI is InChI=1S/C12H19BrN2S/c1-9(11-6-10(13)7-16-11)15-5-4-14-8-12(15,2)3/h6-7,9,14H,4-5,8H2,1-3H3. The Labute approximate surface area is 110 Å². The summed E-state index contributed by atoms with van der Waals surface area (Å²) in [6.07, 6.45) is 0. The molecule has 1 atom stereocenters. The quantitative estimate of drug-likeness (QED) is 0.902. The van der Waals surface area contributed by atoms with Crippen molar-refractivity contribution in [3.63, 3.8) is 0 Å². The number of nitrogens with one attached hydrogen (secondary N) is 1. The highest BCUT2D eigenvalue weighted by Crippen LogP contribution is 2.33. The van der Waals surface area contributed by atoms with Gasteiger partial charge < -0.3 is 5.32 Å². The predicted molar refractivity (Wildman–Crippen MR) is 74.1 cm³/mol. The molecule has 1 N–H and O–H groups in total. The summed E-state index contributed by atoms with van der Waals surface area (Å²) < 4.78 is 1.20. The largest absolute Gasteiger partial charge is 0.314 e. The Kier molecular flexibility index (Phi) is 3.74. The van der Waals surface area contributed by atoms with Crippen LogP contribution in [-0.2, 0) is 0 Å². The summed E-state index contributed by atoms with van der Waals surface area (Å²) in [5.74, 6) is 0. The van der Waals surface area contributed by atoms with Crippen molar-refractivity contribution in [1.29, 1.82) is 0 Å². The van der Waals surface area contributed by atoms with Crippen molar-refractivity contribution >= 4 is 27.3 Å². The Morgan fingerprint density at radius 3 is 2.88 bits per heavy atom. The van der Waals surface area contributed by atoms with Gasteiger partial charge in [0.25, 0.3) is 0 Å². The van der Waals surface area contributed by atoms with Gasteiger partial charge >= 0.3 is 0 Å². The first-order valence-electron chi connectivity index (χ1n) is 5.72.